The molecule has 0 radical (unpaired) electrons. The lowest BCUT2D eigenvalue weighted by Gasteiger charge is -2.36. The average Bonchev–Trinajstić information content (AvgIpc) is 2.61. The van der Waals surface area contributed by atoms with Crippen molar-refractivity contribution in [3.8, 4) is 0 Å². The first-order valence-electron chi connectivity index (χ1n) is 9.31. The molecule has 0 aliphatic rings. The second-order valence-electron chi connectivity index (χ2n) is 7.98. The van der Waals surface area contributed by atoms with Gasteiger partial charge in [0.2, 0.25) is 0 Å². The van der Waals surface area contributed by atoms with Crippen molar-refractivity contribution < 1.29 is 23.4 Å². The minimum absolute atomic E-state index is 0.165. The molecule has 152 valence electrons. The maximum Gasteiger partial charge on any atom is 0.333 e. The van der Waals surface area contributed by atoms with Crippen molar-refractivity contribution in [2.45, 2.75) is 58.0 Å². The summed E-state index contributed by atoms with van der Waals surface area (Å²) in [7, 11) is -0.466. The van der Waals surface area contributed by atoms with Gasteiger partial charge in [0, 0.05) is 13.0 Å². The van der Waals surface area contributed by atoms with Gasteiger partial charge in [-0.2, -0.15) is 0 Å². The summed E-state index contributed by atoms with van der Waals surface area (Å²) in [6.07, 6.45) is 3.12. The standard InChI is InChI=1S/C21H34O5Si/c1-21(2,3)27(5,6)26-15-12-19(25-14-13-20(22)23-4)17-24-16-18-10-8-7-9-11-18/h7-11,13-14,19H,12,15-17H2,1-6H3/b14-13+/t19-/m1/s1. The monoisotopic (exact) mass is 394 g/mol. The highest BCUT2D eigenvalue weighted by atomic mass is 28.4. The summed E-state index contributed by atoms with van der Waals surface area (Å²) in [5.41, 5.74) is 1.11. The van der Waals surface area contributed by atoms with E-state index in [4.69, 9.17) is 13.9 Å². The van der Waals surface area contributed by atoms with Crippen LogP contribution in [0.3, 0.4) is 0 Å². The Balaban J connectivity index is 2.53. The van der Waals surface area contributed by atoms with Gasteiger partial charge >= 0.3 is 5.97 Å². The predicted molar refractivity (Wildman–Crippen MR) is 110 cm³/mol. The number of ether oxygens (including phenoxy) is 3. The molecule has 1 aromatic rings. The second kappa shape index (κ2) is 11.3. The zero-order valence-electron chi connectivity index (χ0n) is 17.5. The molecule has 0 heterocycles. The largest absolute Gasteiger partial charge is 0.495 e. The third-order valence-electron chi connectivity index (χ3n) is 4.80. The molecule has 6 heteroatoms. The summed E-state index contributed by atoms with van der Waals surface area (Å²) in [5.74, 6) is -0.448. The van der Waals surface area contributed by atoms with Gasteiger partial charge in [-0.1, -0.05) is 51.1 Å². The van der Waals surface area contributed by atoms with Crippen molar-refractivity contribution in [3.05, 3.63) is 48.2 Å². The van der Waals surface area contributed by atoms with E-state index in [-0.39, 0.29) is 11.1 Å². The molecule has 0 N–H and O–H groups in total. The Labute approximate surface area is 164 Å². The van der Waals surface area contributed by atoms with Crippen LogP contribution in [-0.4, -0.2) is 40.7 Å². The molecule has 0 amide bonds. The summed E-state index contributed by atoms with van der Waals surface area (Å²) < 4.78 is 22.3. The highest BCUT2D eigenvalue weighted by Crippen LogP contribution is 2.36. The van der Waals surface area contributed by atoms with Gasteiger partial charge in [0.25, 0.3) is 0 Å². The van der Waals surface area contributed by atoms with Gasteiger partial charge in [0.1, 0.15) is 6.10 Å². The molecule has 0 aliphatic heterocycles. The Morgan fingerprint density at radius 1 is 1.19 bits per heavy atom. The number of methoxy groups -OCH3 is 1. The SMILES string of the molecule is COC(=O)/C=C/O[C@H](CCO[Si](C)(C)C(C)(C)C)COCc1ccccc1. The Bertz CT molecular complexity index is 578. The molecule has 1 aromatic carbocycles. The fourth-order valence-electron chi connectivity index (χ4n) is 2.01. The van der Waals surface area contributed by atoms with E-state index in [1.165, 1.54) is 19.4 Å². The first-order valence-corrected chi connectivity index (χ1v) is 12.2. The molecule has 0 fully saturated rings. The number of benzene rings is 1. The van der Waals surface area contributed by atoms with Crippen LogP contribution in [0.2, 0.25) is 18.1 Å². The second-order valence-corrected chi connectivity index (χ2v) is 12.8. The highest BCUT2D eigenvalue weighted by molar-refractivity contribution is 6.74. The molecule has 0 unspecified atom stereocenters. The Hall–Kier alpha value is -1.63. The fraction of sp³-hybridized carbons (Fsp3) is 0.571. The third kappa shape index (κ3) is 9.22. The number of carbonyl (C=O) groups excluding carboxylic acids is 1. The lowest BCUT2D eigenvalue weighted by Crippen LogP contribution is -2.41. The van der Waals surface area contributed by atoms with Crippen molar-refractivity contribution in [2.75, 3.05) is 20.3 Å². The Kier molecular flexibility index (Phi) is 9.77. The lowest BCUT2D eigenvalue weighted by atomic mass is 10.2. The van der Waals surface area contributed by atoms with Crippen molar-refractivity contribution >= 4 is 14.3 Å². The maximum atomic E-state index is 11.2. The van der Waals surface area contributed by atoms with Crippen LogP contribution in [0.25, 0.3) is 0 Å². The number of carbonyl (C=O) groups is 1. The van der Waals surface area contributed by atoms with Crippen molar-refractivity contribution in [1.29, 1.82) is 0 Å². The zero-order chi connectivity index (χ0) is 20.3. The van der Waals surface area contributed by atoms with Crippen LogP contribution in [0.4, 0.5) is 0 Å². The zero-order valence-corrected chi connectivity index (χ0v) is 18.5. The normalized spacial score (nSPS) is 13.6. The van der Waals surface area contributed by atoms with Crippen LogP contribution >= 0.6 is 0 Å². The summed E-state index contributed by atoms with van der Waals surface area (Å²) in [6, 6.07) is 9.99. The van der Waals surface area contributed by atoms with E-state index in [0.29, 0.717) is 26.2 Å². The van der Waals surface area contributed by atoms with E-state index in [2.05, 4.69) is 38.6 Å². The van der Waals surface area contributed by atoms with E-state index in [9.17, 15) is 4.79 Å². The van der Waals surface area contributed by atoms with Crippen molar-refractivity contribution in [1.82, 2.24) is 0 Å². The molecular weight excluding hydrogens is 360 g/mol. The van der Waals surface area contributed by atoms with Gasteiger partial charge in [0.15, 0.2) is 8.32 Å². The average molecular weight is 395 g/mol. The van der Waals surface area contributed by atoms with Gasteiger partial charge in [0.05, 0.1) is 32.7 Å². The number of esters is 1. The topological polar surface area (TPSA) is 54.0 Å². The molecule has 0 aliphatic carbocycles. The van der Waals surface area contributed by atoms with Crippen LogP contribution in [0.15, 0.2) is 42.7 Å². The number of hydrogen-bond donors (Lipinski definition) is 0. The van der Waals surface area contributed by atoms with Crippen LogP contribution in [0.5, 0.6) is 0 Å². The molecule has 0 bridgehead atoms. The number of hydrogen-bond acceptors (Lipinski definition) is 5. The van der Waals surface area contributed by atoms with E-state index in [0.717, 1.165) is 5.56 Å². The summed E-state index contributed by atoms with van der Waals surface area (Å²) in [4.78, 5) is 11.2. The molecule has 5 nitrogen and oxygen atoms in total. The van der Waals surface area contributed by atoms with Crippen LogP contribution < -0.4 is 0 Å². The van der Waals surface area contributed by atoms with E-state index in [1.54, 1.807) is 0 Å². The van der Waals surface area contributed by atoms with Gasteiger partial charge in [-0.3, -0.25) is 0 Å². The minimum Gasteiger partial charge on any atom is -0.495 e. The van der Waals surface area contributed by atoms with Crippen molar-refractivity contribution in [3.63, 3.8) is 0 Å². The predicted octanol–water partition coefficient (Wildman–Crippen LogP) is 4.69. The molecule has 0 saturated carbocycles. The number of rotatable bonds is 11. The lowest BCUT2D eigenvalue weighted by molar-refractivity contribution is -0.135. The van der Waals surface area contributed by atoms with Crippen LogP contribution in [0, 0.1) is 0 Å². The molecule has 0 spiro atoms. The van der Waals surface area contributed by atoms with E-state index < -0.39 is 14.3 Å². The van der Waals surface area contributed by atoms with Crippen molar-refractivity contribution in [2.24, 2.45) is 0 Å². The molecule has 27 heavy (non-hydrogen) atoms. The highest BCUT2D eigenvalue weighted by Gasteiger charge is 2.37. The maximum absolute atomic E-state index is 11.2. The van der Waals surface area contributed by atoms with Gasteiger partial charge < -0.3 is 18.6 Å². The smallest absolute Gasteiger partial charge is 0.333 e. The van der Waals surface area contributed by atoms with Gasteiger partial charge in [-0.25, -0.2) is 4.79 Å². The van der Waals surface area contributed by atoms with Crippen LogP contribution in [0.1, 0.15) is 32.8 Å². The van der Waals surface area contributed by atoms with Gasteiger partial charge in [-0.05, 0) is 23.7 Å². The first-order chi connectivity index (χ1) is 12.7. The van der Waals surface area contributed by atoms with Crippen LogP contribution in [-0.2, 0) is 30.0 Å². The first kappa shape index (κ1) is 23.4. The van der Waals surface area contributed by atoms with E-state index in [1.807, 2.05) is 30.3 Å². The summed E-state index contributed by atoms with van der Waals surface area (Å²) in [6.45, 7) is 12.6. The molecular formula is C21H34O5Si. The Morgan fingerprint density at radius 3 is 2.44 bits per heavy atom. The molecule has 1 rings (SSSR count). The third-order valence-corrected chi connectivity index (χ3v) is 9.34. The fourth-order valence-corrected chi connectivity index (χ4v) is 3.07. The molecule has 0 aromatic heterocycles. The van der Waals surface area contributed by atoms with Gasteiger partial charge in [-0.15, -0.1) is 0 Å². The summed E-state index contributed by atoms with van der Waals surface area (Å²) in [5, 5.41) is 0.165. The van der Waals surface area contributed by atoms with E-state index >= 15 is 0 Å². The molecule has 0 saturated heterocycles. The Morgan fingerprint density at radius 2 is 1.85 bits per heavy atom. The minimum atomic E-state index is -1.80. The quantitative estimate of drug-likeness (QED) is 0.236. The summed E-state index contributed by atoms with van der Waals surface area (Å²) >= 11 is 0. The molecule has 1 atom stereocenters.